The Bertz CT molecular complexity index is 337. The molecule has 1 heterocycles. The Morgan fingerprint density at radius 1 is 1.85 bits per heavy atom. The van der Waals surface area contributed by atoms with E-state index in [1.165, 1.54) is 17.1 Å². The van der Waals surface area contributed by atoms with Crippen molar-refractivity contribution in [2.75, 3.05) is 6.61 Å². The fourth-order valence-electron chi connectivity index (χ4n) is 0.839. The monoisotopic (exact) mass is 179 g/mol. The summed E-state index contributed by atoms with van der Waals surface area (Å²) in [4.78, 5) is 14.9. The normalized spacial score (nSPS) is 9.23. The second-order valence-electron chi connectivity index (χ2n) is 2.31. The van der Waals surface area contributed by atoms with E-state index >= 15 is 0 Å². The number of hydrogen-bond acceptors (Lipinski definition) is 4. The van der Waals surface area contributed by atoms with Crippen molar-refractivity contribution in [3.05, 3.63) is 18.2 Å². The van der Waals surface area contributed by atoms with Crippen molar-refractivity contribution in [3.63, 3.8) is 0 Å². The molecule has 1 aromatic heterocycles. The Morgan fingerprint density at radius 3 is 3.23 bits per heavy atom. The largest absolute Gasteiger partial charge is 0.461 e. The van der Waals surface area contributed by atoms with Crippen LogP contribution >= 0.6 is 0 Å². The molecule has 0 aliphatic carbocycles. The highest BCUT2D eigenvalue weighted by atomic mass is 16.5. The van der Waals surface area contributed by atoms with Gasteiger partial charge in [-0.25, -0.2) is 9.78 Å². The molecular formula is C8H9N3O2. The number of aromatic nitrogens is 2. The highest BCUT2D eigenvalue weighted by molar-refractivity contribution is 5.86. The first-order valence-corrected chi connectivity index (χ1v) is 3.83. The minimum atomic E-state index is -0.459. The molecule has 0 bridgehead atoms. The van der Waals surface area contributed by atoms with Gasteiger partial charge in [0.1, 0.15) is 6.54 Å². The summed E-state index contributed by atoms with van der Waals surface area (Å²) in [6.45, 7) is 2.24. The average Bonchev–Trinajstić information content (AvgIpc) is 2.54. The first kappa shape index (κ1) is 9.26. The minimum Gasteiger partial charge on any atom is -0.461 e. The van der Waals surface area contributed by atoms with Crippen LogP contribution in [0.25, 0.3) is 0 Å². The number of nitrogens with zero attached hydrogens (tertiary/aromatic N) is 3. The Labute approximate surface area is 75.6 Å². The molecule has 0 unspecified atom stereocenters. The number of rotatable bonds is 3. The lowest BCUT2D eigenvalue weighted by atomic mass is 10.5. The molecule has 0 aliphatic heterocycles. The van der Waals surface area contributed by atoms with Crippen molar-refractivity contribution in [1.82, 2.24) is 9.55 Å². The summed E-state index contributed by atoms with van der Waals surface area (Å²) in [5, 5.41) is 8.36. The maximum atomic E-state index is 11.1. The molecule has 13 heavy (non-hydrogen) atoms. The first-order chi connectivity index (χ1) is 6.27. The van der Waals surface area contributed by atoms with Gasteiger partial charge in [0.15, 0.2) is 5.69 Å². The number of ether oxygens (including phenoxy) is 1. The van der Waals surface area contributed by atoms with Gasteiger partial charge >= 0.3 is 5.97 Å². The SMILES string of the molecule is CCOC(=O)c1cn(CC#N)cn1. The minimum absolute atomic E-state index is 0.187. The third-order valence-electron chi connectivity index (χ3n) is 1.37. The van der Waals surface area contributed by atoms with Gasteiger partial charge < -0.3 is 9.30 Å². The second kappa shape index (κ2) is 4.26. The Balaban J connectivity index is 2.69. The summed E-state index contributed by atoms with van der Waals surface area (Å²) in [7, 11) is 0. The number of carbonyl (C=O) groups is 1. The number of nitriles is 1. The van der Waals surface area contributed by atoms with E-state index in [4.69, 9.17) is 10.00 Å². The number of esters is 1. The maximum absolute atomic E-state index is 11.1. The quantitative estimate of drug-likeness (QED) is 0.636. The Hall–Kier alpha value is -1.83. The summed E-state index contributed by atoms with van der Waals surface area (Å²) in [5.74, 6) is -0.459. The van der Waals surface area contributed by atoms with Crippen LogP contribution in [0.1, 0.15) is 17.4 Å². The van der Waals surface area contributed by atoms with Crippen molar-refractivity contribution in [2.45, 2.75) is 13.5 Å². The average molecular weight is 179 g/mol. The van der Waals surface area contributed by atoms with Gasteiger partial charge in [-0.15, -0.1) is 0 Å². The lowest BCUT2D eigenvalue weighted by Crippen LogP contribution is -2.04. The van der Waals surface area contributed by atoms with E-state index in [1.54, 1.807) is 6.92 Å². The zero-order valence-corrected chi connectivity index (χ0v) is 7.23. The van der Waals surface area contributed by atoms with Crippen LogP contribution in [-0.4, -0.2) is 22.1 Å². The van der Waals surface area contributed by atoms with Gasteiger partial charge in [-0.3, -0.25) is 0 Å². The topological polar surface area (TPSA) is 67.9 Å². The van der Waals surface area contributed by atoms with Crippen LogP contribution in [0, 0.1) is 11.3 Å². The van der Waals surface area contributed by atoms with E-state index in [0.717, 1.165) is 0 Å². The van der Waals surface area contributed by atoms with Gasteiger partial charge in [0.2, 0.25) is 0 Å². The van der Waals surface area contributed by atoms with Crippen molar-refractivity contribution < 1.29 is 9.53 Å². The van der Waals surface area contributed by atoms with Gasteiger partial charge in [0.25, 0.3) is 0 Å². The molecule has 0 spiro atoms. The van der Waals surface area contributed by atoms with Crippen molar-refractivity contribution in [1.29, 1.82) is 5.26 Å². The van der Waals surface area contributed by atoms with Gasteiger partial charge in [-0.2, -0.15) is 5.26 Å². The molecule has 5 heteroatoms. The molecule has 0 radical (unpaired) electrons. The third-order valence-corrected chi connectivity index (χ3v) is 1.37. The van der Waals surface area contributed by atoms with Crippen LogP contribution in [0.5, 0.6) is 0 Å². The maximum Gasteiger partial charge on any atom is 0.358 e. The second-order valence-corrected chi connectivity index (χ2v) is 2.31. The third kappa shape index (κ3) is 2.30. The number of hydrogen-bond donors (Lipinski definition) is 0. The van der Waals surface area contributed by atoms with Gasteiger partial charge in [0.05, 0.1) is 19.0 Å². The summed E-state index contributed by atoms with van der Waals surface area (Å²) < 4.78 is 6.24. The zero-order chi connectivity index (χ0) is 9.68. The van der Waals surface area contributed by atoms with E-state index in [0.29, 0.717) is 6.61 Å². The molecule has 1 aromatic rings. The fraction of sp³-hybridized carbons (Fsp3) is 0.375. The Kier molecular flexibility index (Phi) is 3.03. The number of imidazole rings is 1. The van der Waals surface area contributed by atoms with Crippen molar-refractivity contribution in [3.8, 4) is 6.07 Å². The molecule has 0 atom stereocenters. The predicted octanol–water partition coefficient (Wildman–Crippen LogP) is 0.583. The molecule has 0 amide bonds. The van der Waals surface area contributed by atoms with Gasteiger partial charge in [-0.1, -0.05) is 0 Å². The predicted molar refractivity (Wildman–Crippen MR) is 43.8 cm³/mol. The molecule has 0 aliphatic rings. The van der Waals surface area contributed by atoms with Crippen LogP contribution in [0.15, 0.2) is 12.5 Å². The van der Waals surface area contributed by atoms with Crippen molar-refractivity contribution >= 4 is 5.97 Å². The molecule has 1 rings (SSSR count). The Morgan fingerprint density at radius 2 is 2.62 bits per heavy atom. The van der Waals surface area contributed by atoms with E-state index in [1.807, 2.05) is 6.07 Å². The molecule has 0 N–H and O–H groups in total. The number of carbonyl (C=O) groups excluding carboxylic acids is 1. The molecule has 5 nitrogen and oxygen atoms in total. The van der Waals surface area contributed by atoms with Crippen LogP contribution in [-0.2, 0) is 11.3 Å². The molecular weight excluding hydrogens is 170 g/mol. The summed E-state index contributed by atoms with van der Waals surface area (Å²) >= 11 is 0. The molecule has 68 valence electrons. The van der Waals surface area contributed by atoms with E-state index in [-0.39, 0.29) is 12.2 Å². The zero-order valence-electron chi connectivity index (χ0n) is 7.23. The first-order valence-electron chi connectivity index (χ1n) is 3.83. The van der Waals surface area contributed by atoms with E-state index in [2.05, 4.69) is 4.98 Å². The molecule has 0 saturated heterocycles. The summed E-state index contributed by atoms with van der Waals surface area (Å²) in [6.07, 6.45) is 2.91. The van der Waals surface area contributed by atoms with E-state index < -0.39 is 5.97 Å². The van der Waals surface area contributed by atoms with Gasteiger partial charge in [-0.05, 0) is 6.92 Å². The molecule has 0 aromatic carbocycles. The highest BCUT2D eigenvalue weighted by Crippen LogP contribution is 1.98. The summed E-state index contributed by atoms with van der Waals surface area (Å²) in [5.41, 5.74) is 0.233. The lowest BCUT2D eigenvalue weighted by molar-refractivity contribution is 0.0520. The fourth-order valence-corrected chi connectivity index (χ4v) is 0.839. The highest BCUT2D eigenvalue weighted by Gasteiger charge is 2.09. The molecule has 0 fully saturated rings. The van der Waals surface area contributed by atoms with E-state index in [9.17, 15) is 4.79 Å². The van der Waals surface area contributed by atoms with Crippen LogP contribution < -0.4 is 0 Å². The van der Waals surface area contributed by atoms with Crippen LogP contribution in [0.4, 0.5) is 0 Å². The van der Waals surface area contributed by atoms with Crippen molar-refractivity contribution in [2.24, 2.45) is 0 Å². The summed E-state index contributed by atoms with van der Waals surface area (Å²) in [6, 6.07) is 1.94. The molecule has 0 saturated carbocycles. The smallest absolute Gasteiger partial charge is 0.358 e. The lowest BCUT2D eigenvalue weighted by Gasteiger charge is -1.95. The van der Waals surface area contributed by atoms with Crippen LogP contribution in [0.3, 0.4) is 0 Å². The standard InChI is InChI=1S/C8H9N3O2/c1-2-13-8(12)7-5-11(4-3-9)6-10-7/h5-6H,2,4H2,1H3. The van der Waals surface area contributed by atoms with Gasteiger partial charge in [0, 0.05) is 6.20 Å². The van der Waals surface area contributed by atoms with Crippen LogP contribution in [0.2, 0.25) is 0 Å².